The van der Waals surface area contributed by atoms with Crippen molar-refractivity contribution in [3.8, 4) is 5.75 Å². The zero-order valence-electron chi connectivity index (χ0n) is 15.5. The summed E-state index contributed by atoms with van der Waals surface area (Å²) in [6.45, 7) is 0.679. The first kappa shape index (κ1) is 19.2. The minimum absolute atomic E-state index is 0.170. The highest BCUT2D eigenvalue weighted by Gasteiger charge is 2.13. The Bertz CT molecular complexity index is 938. The van der Waals surface area contributed by atoms with E-state index in [1.165, 1.54) is 6.26 Å². The third-order valence-corrected chi connectivity index (χ3v) is 4.09. The van der Waals surface area contributed by atoms with Gasteiger partial charge in [-0.15, -0.1) is 0 Å². The van der Waals surface area contributed by atoms with Crippen molar-refractivity contribution in [2.75, 3.05) is 13.7 Å². The van der Waals surface area contributed by atoms with E-state index in [0.717, 1.165) is 11.3 Å². The maximum Gasteiger partial charge on any atom is 0.270 e. The van der Waals surface area contributed by atoms with Gasteiger partial charge in [0.15, 0.2) is 0 Å². The molecule has 7 heteroatoms. The summed E-state index contributed by atoms with van der Waals surface area (Å²) < 4.78 is 10.5. The van der Waals surface area contributed by atoms with Gasteiger partial charge in [-0.3, -0.25) is 9.59 Å². The van der Waals surface area contributed by atoms with Crippen LogP contribution in [0.15, 0.2) is 65.3 Å². The molecule has 0 aliphatic rings. The van der Waals surface area contributed by atoms with E-state index in [1.54, 1.807) is 37.4 Å². The molecule has 7 nitrogen and oxygen atoms in total. The summed E-state index contributed by atoms with van der Waals surface area (Å²) in [7, 11) is 1.61. The predicted octanol–water partition coefficient (Wildman–Crippen LogP) is 2.59. The summed E-state index contributed by atoms with van der Waals surface area (Å²) in [5.74, 6) is 0.708. The molecule has 0 fully saturated rings. The molecule has 0 radical (unpaired) electrons. The molecule has 0 saturated heterocycles. The van der Waals surface area contributed by atoms with Crippen LogP contribution in [0.5, 0.6) is 5.75 Å². The monoisotopic (exact) mass is 379 g/mol. The molecule has 0 bridgehead atoms. The first-order chi connectivity index (χ1) is 13.7. The average molecular weight is 379 g/mol. The Labute approximate surface area is 162 Å². The third-order valence-electron chi connectivity index (χ3n) is 4.09. The molecule has 0 atom stereocenters. The largest absolute Gasteiger partial charge is 0.496 e. The number of furan rings is 1. The summed E-state index contributed by atoms with van der Waals surface area (Å²) in [6.07, 6.45) is 2.16. The van der Waals surface area contributed by atoms with Crippen LogP contribution in [0.3, 0.4) is 0 Å². The van der Waals surface area contributed by atoms with E-state index in [0.29, 0.717) is 18.7 Å². The highest BCUT2D eigenvalue weighted by Crippen LogP contribution is 2.17. The Morgan fingerprint density at radius 3 is 2.43 bits per heavy atom. The molecular weight excluding hydrogens is 358 g/mol. The number of nitrogens with one attached hydrogen (secondary N) is 2. The minimum atomic E-state index is -0.375. The van der Waals surface area contributed by atoms with Crippen LogP contribution in [0.4, 0.5) is 0 Å². The molecule has 2 aromatic heterocycles. The first-order valence-corrected chi connectivity index (χ1v) is 8.85. The van der Waals surface area contributed by atoms with Crippen molar-refractivity contribution in [2.24, 2.45) is 0 Å². The second kappa shape index (κ2) is 9.36. The van der Waals surface area contributed by atoms with Gasteiger partial charge in [-0.05, 0) is 42.3 Å². The van der Waals surface area contributed by atoms with Crippen LogP contribution in [-0.4, -0.2) is 30.5 Å². The van der Waals surface area contributed by atoms with Gasteiger partial charge < -0.3 is 19.8 Å². The predicted molar refractivity (Wildman–Crippen MR) is 103 cm³/mol. The minimum Gasteiger partial charge on any atom is -0.496 e. The van der Waals surface area contributed by atoms with E-state index in [9.17, 15) is 9.59 Å². The maximum absolute atomic E-state index is 12.4. The summed E-state index contributed by atoms with van der Waals surface area (Å²) >= 11 is 0. The Kier molecular flexibility index (Phi) is 6.41. The standard InChI is InChI=1S/C21H21N3O4/c1-27-19-10-3-2-6-15(19)11-12-22-20(25)17-8-4-9-18(24-17)21(26)23-14-16-7-5-13-28-16/h2-10,13H,11-12,14H2,1H3,(H,22,25)(H,23,26). The number of benzene rings is 1. The summed E-state index contributed by atoms with van der Waals surface area (Å²) in [5, 5.41) is 5.52. The lowest BCUT2D eigenvalue weighted by Crippen LogP contribution is -2.28. The van der Waals surface area contributed by atoms with Crippen LogP contribution < -0.4 is 15.4 Å². The summed E-state index contributed by atoms with van der Waals surface area (Å²) in [5.41, 5.74) is 1.36. The van der Waals surface area contributed by atoms with Crippen molar-refractivity contribution in [3.05, 3.63) is 83.6 Å². The van der Waals surface area contributed by atoms with Crippen LogP contribution in [0, 0.1) is 0 Å². The Morgan fingerprint density at radius 2 is 1.71 bits per heavy atom. The number of rotatable bonds is 8. The van der Waals surface area contributed by atoms with Crippen molar-refractivity contribution in [3.63, 3.8) is 0 Å². The van der Waals surface area contributed by atoms with Gasteiger partial charge in [-0.1, -0.05) is 24.3 Å². The topological polar surface area (TPSA) is 93.5 Å². The van der Waals surface area contributed by atoms with Crippen molar-refractivity contribution >= 4 is 11.8 Å². The van der Waals surface area contributed by atoms with Crippen molar-refractivity contribution in [1.82, 2.24) is 15.6 Å². The fourth-order valence-electron chi connectivity index (χ4n) is 2.67. The third kappa shape index (κ3) is 4.97. The lowest BCUT2D eigenvalue weighted by atomic mass is 10.1. The van der Waals surface area contributed by atoms with E-state index in [4.69, 9.17) is 9.15 Å². The average Bonchev–Trinajstić information content (AvgIpc) is 3.26. The van der Waals surface area contributed by atoms with Crippen LogP contribution in [0.2, 0.25) is 0 Å². The summed E-state index contributed by atoms with van der Waals surface area (Å²) in [4.78, 5) is 28.7. The number of pyridine rings is 1. The van der Waals surface area contributed by atoms with Crippen molar-refractivity contribution in [2.45, 2.75) is 13.0 Å². The Hall–Kier alpha value is -3.61. The molecular formula is C21H21N3O4. The zero-order chi connectivity index (χ0) is 19.8. The van der Waals surface area contributed by atoms with E-state index < -0.39 is 0 Å². The van der Waals surface area contributed by atoms with E-state index in [-0.39, 0.29) is 29.7 Å². The lowest BCUT2D eigenvalue weighted by Gasteiger charge is -2.09. The van der Waals surface area contributed by atoms with Gasteiger partial charge in [0, 0.05) is 6.54 Å². The molecule has 2 amide bonds. The second-order valence-corrected chi connectivity index (χ2v) is 5.99. The molecule has 3 rings (SSSR count). The van der Waals surface area contributed by atoms with Gasteiger partial charge in [-0.2, -0.15) is 0 Å². The van der Waals surface area contributed by atoms with Gasteiger partial charge in [0.05, 0.1) is 19.9 Å². The number of nitrogens with zero attached hydrogens (tertiary/aromatic N) is 1. The Balaban J connectivity index is 1.55. The van der Waals surface area contributed by atoms with Crippen LogP contribution in [0.25, 0.3) is 0 Å². The van der Waals surface area contributed by atoms with E-state index in [2.05, 4.69) is 15.6 Å². The zero-order valence-corrected chi connectivity index (χ0v) is 15.5. The molecule has 1 aromatic carbocycles. The fourth-order valence-corrected chi connectivity index (χ4v) is 2.67. The van der Waals surface area contributed by atoms with Crippen LogP contribution in [-0.2, 0) is 13.0 Å². The highest BCUT2D eigenvalue weighted by molar-refractivity contribution is 5.96. The molecule has 0 aliphatic heterocycles. The van der Waals surface area contributed by atoms with E-state index >= 15 is 0 Å². The smallest absolute Gasteiger partial charge is 0.270 e. The fraction of sp³-hybridized carbons (Fsp3) is 0.190. The van der Waals surface area contributed by atoms with Crippen molar-refractivity contribution in [1.29, 1.82) is 0 Å². The Morgan fingerprint density at radius 1 is 0.964 bits per heavy atom. The van der Waals surface area contributed by atoms with E-state index in [1.807, 2.05) is 24.3 Å². The number of methoxy groups -OCH3 is 1. The molecule has 2 heterocycles. The number of hydrogen-bond donors (Lipinski definition) is 2. The second-order valence-electron chi connectivity index (χ2n) is 5.99. The number of aromatic nitrogens is 1. The molecule has 28 heavy (non-hydrogen) atoms. The number of ether oxygens (including phenoxy) is 1. The highest BCUT2D eigenvalue weighted by atomic mass is 16.5. The normalized spacial score (nSPS) is 10.3. The molecule has 144 valence electrons. The van der Waals surface area contributed by atoms with Gasteiger partial charge >= 0.3 is 0 Å². The number of amides is 2. The van der Waals surface area contributed by atoms with Crippen LogP contribution in [0.1, 0.15) is 32.3 Å². The number of para-hydroxylation sites is 1. The SMILES string of the molecule is COc1ccccc1CCNC(=O)c1cccc(C(=O)NCc2ccco2)n1. The van der Waals surface area contributed by atoms with Crippen LogP contribution >= 0.6 is 0 Å². The van der Waals surface area contributed by atoms with Gasteiger partial charge in [0.1, 0.15) is 22.9 Å². The molecule has 3 aromatic rings. The maximum atomic E-state index is 12.4. The molecule has 0 unspecified atom stereocenters. The first-order valence-electron chi connectivity index (χ1n) is 8.85. The van der Waals surface area contributed by atoms with Gasteiger partial charge in [0.25, 0.3) is 11.8 Å². The molecule has 0 saturated carbocycles. The lowest BCUT2D eigenvalue weighted by molar-refractivity contribution is 0.0940. The quantitative estimate of drug-likeness (QED) is 0.627. The molecule has 0 spiro atoms. The number of hydrogen-bond acceptors (Lipinski definition) is 5. The van der Waals surface area contributed by atoms with Gasteiger partial charge in [0.2, 0.25) is 0 Å². The number of carbonyl (C=O) groups is 2. The molecule has 2 N–H and O–H groups in total. The van der Waals surface area contributed by atoms with Gasteiger partial charge in [-0.25, -0.2) is 4.98 Å². The molecule has 0 aliphatic carbocycles. The van der Waals surface area contributed by atoms with Crippen molar-refractivity contribution < 1.29 is 18.7 Å². The summed E-state index contributed by atoms with van der Waals surface area (Å²) in [6, 6.07) is 15.9. The number of carbonyl (C=O) groups excluding carboxylic acids is 2.